The van der Waals surface area contributed by atoms with Crippen molar-refractivity contribution in [1.29, 1.82) is 0 Å². The average Bonchev–Trinajstić information content (AvgIpc) is 1.97. The van der Waals surface area contributed by atoms with Crippen molar-refractivity contribution in [2.45, 2.75) is 20.8 Å². The van der Waals surface area contributed by atoms with Gasteiger partial charge in [0.25, 0.3) is 0 Å². The number of methoxy groups -OCH3 is 1. The first-order valence-corrected chi connectivity index (χ1v) is 4.01. The summed E-state index contributed by atoms with van der Waals surface area (Å²) in [5.74, 6) is 0.803. The van der Waals surface area contributed by atoms with E-state index in [4.69, 9.17) is 4.74 Å². The molecule has 0 aliphatic carbocycles. The Hall–Kier alpha value is -0.980. The van der Waals surface area contributed by atoms with Crippen LogP contribution in [0.1, 0.15) is 20.8 Å². The third-order valence-corrected chi connectivity index (χ3v) is 1.68. The molecule has 0 atom stereocenters. The summed E-state index contributed by atoms with van der Waals surface area (Å²) < 4.78 is 5.17. The van der Waals surface area contributed by atoms with E-state index in [2.05, 4.69) is 33.9 Å². The highest BCUT2D eigenvalue weighted by atomic mass is 16.5. The van der Waals surface area contributed by atoms with Crippen LogP contribution in [0.25, 0.3) is 0 Å². The van der Waals surface area contributed by atoms with Gasteiger partial charge in [0.15, 0.2) is 0 Å². The van der Waals surface area contributed by atoms with Crippen LogP contribution in [0.4, 0.5) is 0 Å². The van der Waals surface area contributed by atoms with E-state index in [1.807, 2.05) is 6.08 Å². The van der Waals surface area contributed by atoms with E-state index in [0.717, 1.165) is 11.3 Å². The van der Waals surface area contributed by atoms with E-state index in [1.54, 1.807) is 13.2 Å². The van der Waals surface area contributed by atoms with Crippen molar-refractivity contribution in [2.24, 2.45) is 5.41 Å². The second-order valence-electron chi connectivity index (χ2n) is 3.64. The molecule has 1 heteroatoms. The monoisotopic (exact) mass is 166 g/mol. The van der Waals surface area contributed by atoms with Crippen molar-refractivity contribution in [3.8, 4) is 0 Å². The maximum Gasteiger partial charge on any atom is 0.121 e. The fourth-order valence-electron chi connectivity index (χ4n) is 1.08. The summed E-state index contributed by atoms with van der Waals surface area (Å²) in [4.78, 5) is 0. The van der Waals surface area contributed by atoms with Gasteiger partial charge in [-0.25, -0.2) is 0 Å². The van der Waals surface area contributed by atoms with Crippen LogP contribution in [0, 0.1) is 5.41 Å². The maximum atomic E-state index is 5.17. The molecule has 0 aromatic heterocycles. The van der Waals surface area contributed by atoms with Gasteiger partial charge in [-0.05, 0) is 17.1 Å². The molecule has 0 fully saturated rings. The van der Waals surface area contributed by atoms with Gasteiger partial charge in [0.2, 0.25) is 0 Å². The molecule has 0 spiro atoms. The first-order valence-electron chi connectivity index (χ1n) is 4.01. The quantitative estimate of drug-likeness (QED) is 0.461. The van der Waals surface area contributed by atoms with Crippen LogP contribution in [0.5, 0.6) is 0 Å². The molecular weight excluding hydrogens is 148 g/mol. The van der Waals surface area contributed by atoms with Gasteiger partial charge in [-0.2, -0.15) is 0 Å². The zero-order valence-corrected chi connectivity index (χ0v) is 8.48. The molecule has 0 aromatic rings. The van der Waals surface area contributed by atoms with E-state index in [9.17, 15) is 0 Å². The van der Waals surface area contributed by atoms with Crippen LogP contribution in [0.15, 0.2) is 36.6 Å². The minimum absolute atomic E-state index is 0.0568. The lowest BCUT2D eigenvalue weighted by Gasteiger charge is -2.22. The molecule has 0 aliphatic rings. The number of allylic oxidation sites excluding steroid dienone is 3. The fourth-order valence-corrected chi connectivity index (χ4v) is 1.08. The van der Waals surface area contributed by atoms with E-state index in [1.165, 1.54) is 0 Å². The molecule has 0 bridgehead atoms. The first-order chi connectivity index (χ1) is 5.47. The molecular formula is C11H18O. The molecule has 0 N–H and O–H groups in total. The molecule has 1 nitrogen and oxygen atoms in total. The summed E-state index contributed by atoms with van der Waals surface area (Å²) in [5.41, 5.74) is 1.14. The minimum Gasteiger partial charge on any atom is -0.496 e. The summed E-state index contributed by atoms with van der Waals surface area (Å²) in [6, 6.07) is 0. The van der Waals surface area contributed by atoms with E-state index in [-0.39, 0.29) is 5.41 Å². The van der Waals surface area contributed by atoms with E-state index in [0.29, 0.717) is 0 Å². The molecule has 0 amide bonds. The van der Waals surface area contributed by atoms with Gasteiger partial charge in [-0.15, -0.1) is 0 Å². The second-order valence-corrected chi connectivity index (χ2v) is 3.64. The zero-order valence-electron chi connectivity index (χ0n) is 8.48. The Kier molecular flexibility index (Phi) is 3.81. The fraction of sp³-hybridized carbons (Fsp3) is 0.455. The number of hydrogen-bond donors (Lipinski definition) is 0. The number of ether oxygens (including phenoxy) is 1. The minimum atomic E-state index is 0.0568. The molecule has 0 aliphatic heterocycles. The van der Waals surface area contributed by atoms with Crippen molar-refractivity contribution >= 4 is 0 Å². The van der Waals surface area contributed by atoms with Crippen molar-refractivity contribution < 1.29 is 4.74 Å². The molecule has 0 saturated heterocycles. The molecule has 12 heavy (non-hydrogen) atoms. The lowest BCUT2D eigenvalue weighted by atomic mass is 9.85. The van der Waals surface area contributed by atoms with Gasteiger partial charge >= 0.3 is 0 Å². The molecule has 0 rings (SSSR count). The van der Waals surface area contributed by atoms with E-state index >= 15 is 0 Å². The Morgan fingerprint density at radius 3 is 1.75 bits per heavy atom. The predicted octanol–water partition coefficient (Wildman–Crippen LogP) is 3.31. The maximum absolute atomic E-state index is 5.17. The van der Waals surface area contributed by atoms with Crippen LogP contribution in [-0.4, -0.2) is 7.11 Å². The van der Waals surface area contributed by atoms with Gasteiger partial charge in [-0.3, -0.25) is 0 Å². The molecule has 0 aromatic carbocycles. The highest BCUT2D eigenvalue weighted by molar-refractivity contribution is 5.31. The highest BCUT2D eigenvalue weighted by Crippen LogP contribution is 2.29. The summed E-state index contributed by atoms with van der Waals surface area (Å²) in [7, 11) is 1.65. The van der Waals surface area contributed by atoms with Gasteiger partial charge in [0.05, 0.1) is 7.11 Å². The Balaban J connectivity index is 5.09. The van der Waals surface area contributed by atoms with Gasteiger partial charge in [0.1, 0.15) is 5.76 Å². The summed E-state index contributed by atoms with van der Waals surface area (Å²) >= 11 is 0. The number of hydrogen-bond acceptors (Lipinski definition) is 1. The molecule has 68 valence electrons. The largest absolute Gasteiger partial charge is 0.496 e. The van der Waals surface area contributed by atoms with Crippen LogP contribution in [0.2, 0.25) is 0 Å². The highest BCUT2D eigenvalue weighted by Gasteiger charge is 2.17. The average molecular weight is 166 g/mol. The standard InChI is InChI=1S/C11H18O/c1-7-9(11(3,4)5)10(8-2)12-6/h7-8H,1-2H2,3-6H3/b10-9-. The Morgan fingerprint density at radius 2 is 1.67 bits per heavy atom. The molecule has 0 heterocycles. The van der Waals surface area contributed by atoms with Crippen molar-refractivity contribution in [3.05, 3.63) is 36.6 Å². The lowest BCUT2D eigenvalue weighted by molar-refractivity contribution is 0.293. The molecule has 0 radical (unpaired) electrons. The third kappa shape index (κ3) is 2.57. The predicted molar refractivity (Wildman–Crippen MR) is 53.9 cm³/mol. The van der Waals surface area contributed by atoms with Crippen LogP contribution in [0.3, 0.4) is 0 Å². The Bertz CT molecular complexity index is 204. The summed E-state index contributed by atoms with van der Waals surface area (Å²) in [5, 5.41) is 0. The van der Waals surface area contributed by atoms with Crippen molar-refractivity contribution in [2.75, 3.05) is 7.11 Å². The van der Waals surface area contributed by atoms with Crippen LogP contribution >= 0.6 is 0 Å². The Morgan fingerprint density at radius 1 is 1.17 bits per heavy atom. The smallest absolute Gasteiger partial charge is 0.121 e. The third-order valence-electron chi connectivity index (χ3n) is 1.68. The SMILES string of the molecule is C=C/C(OC)=C(\C=C)C(C)(C)C. The van der Waals surface area contributed by atoms with Crippen molar-refractivity contribution in [1.82, 2.24) is 0 Å². The van der Waals surface area contributed by atoms with Gasteiger partial charge in [-0.1, -0.05) is 40.0 Å². The lowest BCUT2D eigenvalue weighted by Crippen LogP contribution is -2.10. The topological polar surface area (TPSA) is 9.23 Å². The van der Waals surface area contributed by atoms with Crippen LogP contribution in [-0.2, 0) is 4.74 Å². The summed E-state index contributed by atoms with van der Waals surface area (Å²) in [6.45, 7) is 13.8. The first kappa shape index (κ1) is 11.0. The Labute approximate surface area is 75.4 Å². The van der Waals surface area contributed by atoms with E-state index < -0.39 is 0 Å². The summed E-state index contributed by atoms with van der Waals surface area (Å²) in [6.07, 6.45) is 3.53. The normalized spacial score (nSPS) is 13.3. The van der Waals surface area contributed by atoms with Gasteiger partial charge in [0, 0.05) is 0 Å². The van der Waals surface area contributed by atoms with Crippen molar-refractivity contribution in [3.63, 3.8) is 0 Å². The van der Waals surface area contributed by atoms with Crippen LogP contribution < -0.4 is 0 Å². The van der Waals surface area contributed by atoms with Gasteiger partial charge < -0.3 is 4.74 Å². The molecule has 0 unspecified atom stereocenters. The number of rotatable bonds is 3. The zero-order chi connectivity index (χ0) is 9.78. The molecule has 0 saturated carbocycles. The second kappa shape index (κ2) is 4.15.